The van der Waals surface area contributed by atoms with Crippen LogP contribution in [0, 0.1) is 11.8 Å². The van der Waals surface area contributed by atoms with Crippen LogP contribution in [0.4, 0.5) is 0 Å². The second kappa shape index (κ2) is 8.15. The molecular weight excluding hydrogens is 264 g/mol. The van der Waals surface area contributed by atoms with Gasteiger partial charge in [-0.1, -0.05) is 37.3 Å². The molecule has 3 unspecified atom stereocenters. The lowest BCUT2D eigenvalue weighted by Crippen LogP contribution is -2.34. The van der Waals surface area contributed by atoms with E-state index in [-0.39, 0.29) is 17.9 Å². The van der Waals surface area contributed by atoms with Crippen LogP contribution in [0.2, 0.25) is 0 Å². The molecule has 0 aromatic heterocycles. The molecule has 4 nitrogen and oxygen atoms in total. The highest BCUT2D eigenvalue weighted by Crippen LogP contribution is 2.24. The fraction of sp³-hybridized carbons (Fsp3) is 0.588. The molecule has 1 aliphatic carbocycles. The first-order chi connectivity index (χ1) is 10.1. The number of hydrogen-bond donors (Lipinski definition) is 2. The average Bonchev–Trinajstić information content (AvgIpc) is 2.92. The summed E-state index contributed by atoms with van der Waals surface area (Å²) in [5.41, 5.74) is 7.01. The largest absolute Gasteiger partial charge is 0.376 e. The monoisotopic (exact) mass is 290 g/mol. The van der Waals surface area contributed by atoms with Gasteiger partial charge in [0.25, 0.3) is 0 Å². The maximum atomic E-state index is 12.0. The molecule has 0 radical (unpaired) electrons. The molecule has 1 aliphatic rings. The number of carbonyl (C=O) groups excluding carboxylic acids is 1. The number of carbonyl (C=O) groups is 1. The topological polar surface area (TPSA) is 64.4 Å². The predicted molar refractivity (Wildman–Crippen MR) is 83.6 cm³/mol. The lowest BCUT2D eigenvalue weighted by molar-refractivity contribution is -0.125. The van der Waals surface area contributed by atoms with Gasteiger partial charge in [-0.15, -0.1) is 0 Å². The van der Waals surface area contributed by atoms with Gasteiger partial charge in [0.2, 0.25) is 5.91 Å². The van der Waals surface area contributed by atoms with E-state index in [9.17, 15) is 4.79 Å². The first kappa shape index (κ1) is 16.0. The predicted octanol–water partition coefficient (Wildman–Crippen LogP) is 2.08. The summed E-state index contributed by atoms with van der Waals surface area (Å²) in [7, 11) is 0. The van der Waals surface area contributed by atoms with E-state index in [0.717, 1.165) is 19.3 Å². The molecular formula is C17H26N2O2. The van der Waals surface area contributed by atoms with Crippen LogP contribution in [0.25, 0.3) is 0 Å². The van der Waals surface area contributed by atoms with E-state index in [1.165, 1.54) is 5.56 Å². The summed E-state index contributed by atoms with van der Waals surface area (Å²) in [5.74, 6) is 0.572. The van der Waals surface area contributed by atoms with E-state index < -0.39 is 0 Å². The number of amides is 1. The zero-order valence-electron chi connectivity index (χ0n) is 12.8. The van der Waals surface area contributed by atoms with Crippen LogP contribution in [-0.2, 0) is 16.1 Å². The first-order valence-electron chi connectivity index (χ1n) is 7.80. The number of ether oxygens (including phenoxy) is 1. The molecule has 0 bridgehead atoms. The normalized spacial score (nSPS) is 23.0. The van der Waals surface area contributed by atoms with Crippen molar-refractivity contribution in [1.29, 1.82) is 0 Å². The van der Waals surface area contributed by atoms with E-state index in [0.29, 0.717) is 25.7 Å². The third-order valence-electron chi connectivity index (χ3n) is 3.98. The van der Waals surface area contributed by atoms with Crippen LogP contribution >= 0.6 is 0 Å². The molecule has 1 aromatic carbocycles. The maximum absolute atomic E-state index is 12.0. The Balaban J connectivity index is 1.59. The molecule has 1 amide bonds. The van der Waals surface area contributed by atoms with Crippen molar-refractivity contribution in [2.75, 3.05) is 13.2 Å². The number of benzene rings is 1. The molecule has 0 spiro atoms. The van der Waals surface area contributed by atoms with E-state index >= 15 is 0 Å². The standard InChI is InChI=1S/C17H26N2O2/c1-13(11-21-12-14-5-3-2-4-6-14)10-19-17(20)15-7-8-16(18)9-15/h2-6,13,15-16H,7-12,18H2,1H3,(H,19,20). The van der Waals surface area contributed by atoms with Crippen molar-refractivity contribution >= 4 is 5.91 Å². The zero-order valence-corrected chi connectivity index (χ0v) is 12.8. The molecule has 4 heteroatoms. The summed E-state index contributed by atoms with van der Waals surface area (Å²) in [4.78, 5) is 12.0. The summed E-state index contributed by atoms with van der Waals surface area (Å²) in [5, 5.41) is 3.02. The summed E-state index contributed by atoms with van der Waals surface area (Å²) < 4.78 is 5.69. The Morgan fingerprint density at radius 3 is 2.81 bits per heavy atom. The second-order valence-corrected chi connectivity index (χ2v) is 6.12. The summed E-state index contributed by atoms with van der Waals surface area (Å²) in [6.07, 6.45) is 2.71. The molecule has 0 aliphatic heterocycles. The summed E-state index contributed by atoms with van der Waals surface area (Å²) in [6.45, 7) is 4.03. The fourth-order valence-corrected chi connectivity index (χ4v) is 2.68. The third kappa shape index (κ3) is 5.48. The van der Waals surface area contributed by atoms with Gasteiger partial charge < -0.3 is 15.8 Å². The van der Waals surface area contributed by atoms with Crippen molar-refractivity contribution in [2.24, 2.45) is 17.6 Å². The minimum atomic E-state index is 0.109. The lowest BCUT2D eigenvalue weighted by Gasteiger charge is -2.15. The molecule has 0 heterocycles. The van der Waals surface area contributed by atoms with E-state index in [2.05, 4.69) is 24.4 Å². The Bertz CT molecular complexity index is 436. The van der Waals surface area contributed by atoms with Gasteiger partial charge in [-0.25, -0.2) is 0 Å². The molecule has 1 fully saturated rings. The highest BCUT2D eigenvalue weighted by molar-refractivity contribution is 5.78. The highest BCUT2D eigenvalue weighted by atomic mass is 16.5. The van der Waals surface area contributed by atoms with Crippen molar-refractivity contribution in [3.63, 3.8) is 0 Å². The zero-order chi connectivity index (χ0) is 15.1. The Hall–Kier alpha value is -1.39. The van der Waals surface area contributed by atoms with Crippen LogP contribution in [0.1, 0.15) is 31.7 Å². The Morgan fingerprint density at radius 1 is 1.38 bits per heavy atom. The number of nitrogens with one attached hydrogen (secondary N) is 1. The fourth-order valence-electron chi connectivity index (χ4n) is 2.68. The Kier molecular flexibility index (Phi) is 6.21. The van der Waals surface area contributed by atoms with Crippen LogP contribution < -0.4 is 11.1 Å². The summed E-state index contributed by atoms with van der Waals surface area (Å²) in [6, 6.07) is 10.3. The van der Waals surface area contributed by atoms with Crippen LogP contribution in [0.15, 0.2) is 30.3 Å². The van der Waals surface area contributed by atoms with Gasteiger partial charge in [0.15, 0.2) is 0 Å². The van der Waals surface area contributed by atoms with E-state index in [1.54, 1.807) is 0 Å². The van der Waals surface area contributed by atoms with Crippen molar-refractivity contribution in [3.8, 4) is 0 Å². The molecule has 2 rings (SSSR count). The SMILES string of the molecule is CC(CNC(=O)C1CCC(N)C1)COCc1ccccc1. The van der Waals surface area contributed by atoms with Gasteiger partial charge in [0, 0.05) is 18.5 Å². The summed E-state index contributed by atoms with van der Waals surface area (Å²) >= 11 is 0. The van der Waals surface area contributed by atoms with Crippen LogP contribution in [0.5, 0.6) is 0 Å². The molecule has 1 saturated carbocycles. The third-order valence-corrected chi connectivity index (χ3v) is 3.98. The van der Waals surface area contributed by atoms with E-state index in [4.69, 9.17) is 10.5 Å². The molecule has 3 N–H and O–H groups in total. The van der Waals surface area contributed by atoms with Crippen LogP contribution in [0.3, 0.4) is 0 Å². The number of nitrogens with two attached hydrogens (primary N) is 1. The van der Waals surface area contributed by atoms with Crippen molar-refractivity contribution < 1.29 is 9.53 Å². The maximum Gasteiger partial charge on any atom is 0.223 e. The molecule has 1 aromatic rings. The minimum Gasteiger partial charge on any atom is -0.376 e. The highest BCUT2D eigenvalue weighted by Gasteiger charge is 2.27. The van der Waals surface area contributed by atoms with Gasteiger partial charge in [0.05, 0.1) is 13.2 Å². The second-order valence-electron chi connectivity index (χ2n) is 6.12. The van der Waals surface area contributed by atoms with Crippen molar-refractivity contribution in [3.05, 3.63) is 35.9 Å². The van der Waals surface area contributed by atoms with E-state index in [1.807, 2.05) is 18.2 Å². The smallest absolute Gasteiger partial charge is 0.223 e. The molecule has 0 saturated heterocycles. The lowest BCUT2D eigenvalue weighted by atomic mass is 10.1. The number of hydrogen-bond acceptors (Lipinski definition) is 3. The van der Waals surface area contributed by atoms with Gasteiger partial charge in [-0.3, -0.25) is 4.79 Å². The minimum absolute atomic E-state index is 0.109. The van der Waals surface area contributed by atoms with Crippen LogP contribution in [-0.4, -0.2) is 25.1 Å². The Labute approximate surface area is 127 Å². The average molecular weight is 290 g/mol. The Morgan fingerprint density at radius 2 is 2.14 bits per heavy atom. The number of rotatable bonds is 7. The van der Waals surface area contributed by atoms with Gasteiger partial charge in [-0.05, 0) is 30.7 Å². The van der Waals surface area contributed by atoms with Gasteiger partial charge >= 0.3 is 0 Å². The van der Waals surface area contributed by atoms with Gasteiger partial charge in [0.1, 0.15) is 0 Å². The first-order valence-corrected chi connectivity index (χ1v) is 7.80. The molecule has 21 heavy (non-hydrogen) atoms. The van der Waals surface area contributed by atoms with Crippen molar-refractivity contribution in [2.45, 2.75) is 38.8 Å². The quantitative estimate of drug-likeness (QED) is 0.808. The van der Waals surface area contributed by atoms with Gasteiger partial charge in [-0.2, -0.15) is 0 Å². The molecule has 3 atom stereocenters. The van der Waals surface area contributed by atoms with Crippen molar-refractivity contribution in [1.82, 2.24) is 5.32 Å². The molecule has 116 valence electrons.